The van der Waals surface area contributed by atoms with E-state index in [1.165, 1.54) is 0 Å². The first-order chi connectivity index (χ1) is 12.1. The Balaban J connectivity index is 1.63. The molecule has 2 aromatic carbocycles. The van der Waals surface area contributed by atoms with Crippen molar-refractivity contribution in [2.45, 2.75) is 13.0 Å². The van der Waals surface area contributed by atoms with Crippen molar-refractivity contribution in [3.63, 3.8) is 0 Å². The summed E-state index contributed by atoms with van der Waals surface area (Å²) in [5.74, 6) is -0.332. The van der Waals surface area contributed by atoms with Crippen molar-refractivity contribution in [2.75, 3.05) is 5.32 Å². The molecular weight excluding hydrogens is 318 g/mol. The minimum Gasteiger partial charge on any atom is -0.361 e. The van der Waals surface area contributed by atoms with Gasteiger partial charge in [-0.1, -0.05) is 17.3 Å². The average molecular weight is 333 g/mol. The van der Waals surface area contributed by atoms with Crippen LogP contribution in [0.25, 0.3) is 21.8 Å². The lowest BCUT2D eigenvalue weighted by Crippen LogP contribution is -2.34. The second-order valence-electron chi connectivity index (χ2n) is 5.80. The summed E-state index contributed by atoms with van der Waals surface area (Å²) in [4.78, 5) is 28.2. The molecule has 2 heterocycles. The third-order valence-corrected chi connectivity index (χ3v) is 4.16. The molecular formula is C18H15N5O2. The van der Waals surface area contributed by atoms with Gasteiger partial charge in [-0.2, -0.15) is 4.68 Å². The Labute approximate surface area is 142 Å². The number of nitrogens with one attached hydrogen (secondary N) is 2. The van der Waals surface area contributed by atoms with Crippen LogP contribution in [0.2, 0.25) is 0 Å². The van der Waals surface area contributed by atoms with Gasteiger partial charge >= 0.3 is 0 Å². The molecule has 0 saturated carbocycles. The number of aromatic amines is 1. The molecule has 0 fully saturated rings. The highest BCUT2D eigenvalue weighted by atomic mass is 16.2. The summed E-state index contributed by atoms with van der Waals surface area (Å²) < 4.78 is 1.10. The predicted octanol–water partition coefficient (Wildman–Crippen LogP) is 2.47. The number of carbonyl (C=O) groups excluding carboxylic acids is 1. The van der Waals surface area contributed by atoms with Gasteiger partial charge in [-0.05, 0) is 43.3 Å². The molecule has 0 saturated heterocycles. The molecule has 1 amide bonds. The highest BCUT2D eigenvalue weighted by Gasteiger charge is 2.19. The van der Waals surface area contributed by atoms with Gasteiger partial charge in [0.05, 0.1) is 5.39 Å². The van der Waals surface area contributed by atoms with Gasteiger partial charge in [-0.3, -0.25) is 9.59 Å². The topological polar surface area (TPSA) is 92.7 Å². The number of carbonyl (C=O) groups is 1. The summed E-state index contributed by atoms with van der Waals surface area (Å²) in [5, 5.41) is 12.2. The molecule has 0 unspecified atom stereocenters. The Hall–Kier alpha value is -3.48. The van der Waals surface area contributed by atoms with Gasteiger partial charge < -0.3 is 10.3 Å². The van der Waals surface area contributed by atoms with Crippen LogP contribution in [-0.2, 0) is 4.79 Å². The second-order valence-corrected chi connectivity index (χ2v) is 5.80. The fourth-order valence-electron chi connectivity index (χ4n) is 2.74. The molecule has 1 atom stereocenters. The molecule has 2 N–H and O–H groups in total. The van der Waals surface area contributed by atoms with Gasteiger partial charge in [0.15, 0.2) is 0 Å². The van der Waals surface area contributed by atoms with E-state index in [1.54, 1.807) is 37.3 Å². The number of amides is 1. The van der Waals surface area contributed by atoms with Crippen LogP contribution in [0, 0.1) is 0 Å². The molecule has 4 rings (SSSR count). The van der Waals surface area contributed by atoms with E-state index in [9.17, 15) is 9.59 Å². The van der Waals surface area contributed by atoms with E-state index in [0.29, 0.717) is 16.6 Å². The van der Waals surface area contributed by atoms with Gasteiger partial charge in [0.25, 0.3) is 5.56 Å². The summed E-state index contributed by atoms with van der Waals surface area (Å²) in [6.07, 6.45) is 1.84. The van der Waals surface area contributed by atoms with Gasteiger partial charge in [0, 0.05) is 22.8 Å². The molecule has 7 nitrogen and oxygen atoms in total. The maximum Gasteiger partial charge on any atom is 0.278 e. The van der Waals surface area contributed by atoms with Crippen molar-refractivity contribution in [3.05, 3.63) is 65.1 Å². The molecule has 0 aliphatic rings. The van der Waals surface area contributed by atoms with Crippen molar-refractivity contribution in [1.29, 1.82) is 0 Å². The van der Waals surface area contributed by atoms with E-state index in [1.807, 2.05) is 24.4 Å². The molecule has 0 radical (unpaired) electrons. The highest BCUT2D eigenvalue weighted by molar-refractivity contribution is 5.95. The fourth-order valence-corrected chi connectivity index (χ4v) is 2.74. The van der Waals surface area contributed by atoms with E-state index in [4.69, 9.17) is 0 Å². The second kappa shape index (κ2) is 5.86. The molecule has 7 heteroatoms. The molecule has 25 heavy (non-hydrogen) atoms. The Kier molecular flexibility index (Phi) is 3.53. The van der Waals surface area contributed by atoms with Crippen molar-refractivity contribution in [3.8, 4) is 0 Å². The van der Waals surface area contributed by atoms with E-state index in [-0.39, 0.29) is 11.5 Å². The molecule has 0 aliphatic carbocycles. The van der Waals surface area contributed by atoms with Crippen molar-refractivity contribution < 1.29 is 4.79 Å². The van der Waals surface area contributed by atoms with Crippen molar-refractivity contribution in [2.24, 2.45) is 0 Å². The molecule has 4 aromatic rings. The van der Waals surface area contributed by atoms with E-state index in [0.717, 1.165) is 15.6 Å². The van der Waals surface area contributed by atoms with Gasteiger partial charge in [0.1, 0.15) is 11.6 Å². The van der Waals surface area contributed by atoms with Crippen LogP contribution in [-0.4, -0.2) is 25.9 Å². The zero-order chi connectivity index (χ0) is 17.4. The van der Waals surface area contributed by atoms with Crippen LogP contribution in [0.3, 0.4) is 0 Å². The summed E-state index contributed by atoms with van der Waals surface area (Å²) in [6, 6.07) is 13.6. The third kappa shape index (κ3) is 2.65. The number of H-pyrrole nitrogens is 1. The number of hydrogen-bond acceptors (Lipinski definition) is 4. The van der Waals surface area contributed by atoms with Crippen LogP contribution in [0.1, 0.15) is 13.0 Å². The monoisotopic (exact) mass is 333 g/mol. The van der Waals surface area contributed by atoms with E-state index < -0.39 is 6.04 Å². The summed E-state index contributed by atoms with van der Waals surface area (Å²) in [7, 11) is 0. The minimum atomic E-state index is -0.786. The summed E-state index contributed by atoms with van der Waals surface area (Å²) in [6.45, 7) is 1.62. The van der Waals surface area contributed by atoms with Gasteiger partial charge in [-0.15, -0.1) is 5.10 Å². The molecule has 0 aliphatic heterocycles. The average Bonchev–Trinajstić information content (AvgIpc) is 3.09. The van der Waals surface area contributed by atoms with E-state index >= 15 is 0 Å². The normalized spacial score (nSPS) is 12.4. The fraction of sp³-hybridized carbons (Fsp3) is 0.111. The number of benzene rings is 2. The number of aromatic nitrogens is 4. The number of anilines is 1. The lowest BCUT2D eigenvalue weighted by molar-refractivity contribution is -0.119. The first-order valence-corrected chi connectivity index (χ1v) is 7.86. The zero-order valence-electron chi connectivity index (χ0n) is 13.4. The van der Waals surface area contributed by atoms with Gasteiger partial charge in [0.2, 0.25) is 5.91 Å². The first-order valence-electron chi connectivity index (χ1n) is 7.86. The van der Waals surface area contributed by atoms with Crippen LogP contribution in [0.4, 0.5) is 5.69 Å². The molecule has 2 aromatic heterocycles. The van der Waals surface area contributed by atoms with Crippen LogP contribution in [0.15, 0.2) is 59.5 Å². The molecule has 0 spiro atoms. The maximum atomic E-state index is 12.5. The summed E-state index contributed by atoms with van der Waals surface area (Å²) in [5.41, 5.74) is 1.82. The molecule has 124 valence electrons. The smallest absolute Gasteiger partial charge is 0.278 e. The quantitative estimate of drug-likeness (QED) is 0.602. The number of hydrogen-bond donors (Lipinski definition) is 2. The SMILES string of the molecule is C[C@@H](C(=O)Nc1ccc2[nH]ccc2c1)n1nnc2ccccc2c1=O. The number of rotatable bonds is 3. The lowest BCUT2D eigenvalue weighted by Gasteiger charge is -2.13. The molecule has 0 bridgehead atoms. The Morgan fingerprint density at radius 1 is 1.20 bits per heavy atom. The van der Waals surface area contributed by atoms with Crippen LogP contribution >= 0.6 is 0 Å². The van der Waals surface area contributed by atoms with Crippen LogP contribution < -0.4 is 10.9 Å². The Morgan fingerprint density at radius 2 is 2.04 bits per heavy atom. The zero-order valence-corrected chi connectivity index (χ0v) is 13.4. The largest absolute Gasteiger partial charge is 0.361 e. The highest BCUT2D eigenvalue weighted by Crippen LogP contribution is 2.18. The Morgan fingerprint density at radius 3 is 2.92 bits per heavy atom. The first kappa shape index (κ1) is 15.1. The van der Waals surface area contributed by atoms with E-state index in [2.05, 4.69) is 20.6 Å². The number of fused-ring (bicyclic) bond motifs is 2. The summed E-state index contributed by atoms with van der Waals surface area (Å²) >= 11 is 0. The third-order valence-electron chi connectivity index (χ3n) is 4.16. The van der Waals surface area contributed by atoms with Crippen molar-refractivity contribution >= 4 is 33.4 Å². The maximum absolute atomic E-state index is 12.5. The number of nitrogens with zero attached hydrogens (tertiary/aromatic N) is 3. The predicted molar refractivity (Wildman–Crippen MR) is 95.4 cm³/mol. The minimum absolute atomic E-state index is 0.332. The van der Waals surface area contributed by atoms with Gasteiger partial charge in [-0.25, -0.2) is 0 Å². The standard InChI is InChI=1S/C18H15N5O2/c1-11(23-18(25)14-4-2-3-5-16(14)21-22-23)17(24)20-13-6-7-15-12(10-13)8-9-19-15/h2-11,19H,1H3,(H,20,24)/t11-/m0/s1. The Bertz CT molecular complexity index is 1140. The van der Waals surface area contributed by atoms with Crippen LogP contribution in [0.5, 0.6) is 0 Å². The van der Waals surface area contributed by atoms with Crippen molar-refractivity contribution in [1.82, 2.24) is 20.0 Å². The lowest BCUT2D eigenvalue weighted by atomic mass is 10.2.